The summed E-state index contributed by atoms with van der Waals surface area (Å²) >= 11 is 4.94. The Labute approximate surface area is 101 Å². The summed E-state index contributed by atoms with van der Waals surface area (Å²) in [6.45, 7) is 3.03. The zero-order chi connectivity index (χ0) is 11.8. The fourth-order valence-corrected chi connectivity index (χ4v) is 2.80. The molecule has 0 aromatic carbocycles. The zero-order valence-electron chi connectivity index (χ0n) is 9.42. The third kappa shape index (κ3) is 1.90. The summed E-state index contributed by atoms with van der Waals surface area (Å²) in [5, 5.41) is 29.8. The molecular weight excluding hydrogens is 226 g/mol. The first-order valence-corrected chi connectivity index (χ1v) is 6.18. The van der Waals surface area contributed by atoms with Crippen LogP contribution in [-0.4, -0.2) is 39.4 Å². The van der Waals surface area contributed by atoms with E-state index in [0.717, 1.165) is 19.4 Å². The molecule has 16 heavy (non-hydrogen) atoms. The molecule has 2 fully saturated rings. The van der Waals surface area contributed by atoms with Crippen LogP contribution < -0.4 is 16.0 Å². The Hall–Kier alpha value is -0.430. The monoisotopic (exact) mass is 245 g/mol. The average molecular weight is 245 g/mol. The maximum absolute atomic E-state index is 10.4. The molecule has 0 amide bonds. The van der Waals surface area contributed by atoms with Crippen LogP contribution in [0, 0.1) is 0 Å². The minimum Gasteiger partial charge on any atom is -0.367 e. The first kappa shape index (κ1) is 12.0. The van der Waals surface area contributed by atoms with Crippen molar-refractivity contribution < 1.29 is 10.2 Å². The summed E-state index contributed by atoms with van der Waals surface area (Å²) in [4.78, 5) is 0. The van der Waals surface area contributed by atoms with Crippen LogP contribution in [0.1, 0.15) is 32.6 Å². The lowest BCUT2D eigenvalue weighted by Gasteiger charge is -2.43. The van der Waals surface area contributed by atoms with Crippen LogP contribution >= 0.6 is 12.2 Å². The summed E-state index contributed by atoms with van der Waals surface area (Å²) in [5.74, 6) is 0. The summed E-state index contributed by atoms with van der Waals surface area (Å²) < 4.78 is 0. The smallest absolute Gasteiger partial charge is 0.187 e. The van der Waals surface area contributed by atoms with Gasteiger partial charge in [-0.3, -0.25) is 0 Å². The highest BCUT2D eigenvalue weighted by Crippen LogP contribution is 2.36. The predicted octanol–water partition coefficient (Wildman–Crippen LogP) is -0.607. The number of nitrogens with one attached hydrogen (secondary N) is 3. The lowest BCUT2D eigenvalue weighted by atomic mass is 9.81. The minimum atomic E-state index is -1.34. The predicted molar refractivity (Wildman–Crippen MR) is 64.7 cm³/mol. The Kier molecular flexibility index (Phi) is 3.09. The molecule has 1 saturated heterocycles. The first-order chi connectivity index (χ1) is 7.49. The molecule has 0 bridgehead atoms. The molecule has 5 N–H and O–H groups in total. The highest BCUT2D eigenvalue weighted by Gasteiger charge is 2.58. The topological polar surface area (TPSA) is 76.5 Å². The van der Waals surface area contributed by atoms with Crippen molar-refractivity contribution in [2.45, 2.75) is 50.1 Å². The Morgan fingerprint density at radius 2 is 2.12 bits per heavy atom. The van der Waals surface area contributed by atoms with Gasteiger partial charge in [-0.15, -0.1) is 0 Å². The van der Waals surface area contributed by atoms with E-state index in [1.165, 1.54) is 0 Å². The van der Waals surface area contributed by atoms with Crippen molar-refractivity contribution >= 4 is 17.3 Å². The van der Waals surface area contributed by atoms with Gasteiger partial charge in [0.15, 0.2) is 16.6 Å². The molecule has 6 heteroatoms. The summed E-state index contributed by atoms with van der Waals surface area (Å²) in [7, 11) is 0. The molecule has 1 saturated carbocycles. The highest BCUT2D eigenvalue weighted by atomic mass is 32.1. The van der Waals surface area contributed by atoms with Crippen LogP contribution in [0.15, 0.2) is 0 Å². The van der Waals surface area contributed by atoms with E-state index in [0.29, 0.717) is 18.0 Å². The van der Waals surface area contributed by atoms with E-state index >= 15 is 0 Å². The molecule has 5 nitrogen and oxygen atoms in total. The second-order valence-electron chi connectivity index (χ2n) is 4.69. The largest absolute Gasteiger partial charge is 0.367 e. The van der Waals surface area contributed by atoms with Gasteiger partial charge in [0.25, 0.3) is 0 Å². The maximum Gasteiger partial charge on any atom is 0.187 e. The second-order valence-corrected chi connectivity index (χ2v) is 5.10. The van der Waals surface area contributed by atoms with E-state index in [9.17, 15) is 10.2 Å². The van der Waals surface area contributed by atoms with Gasteiger partial charge in [0.2, 0.25) is 0 Å². The number of thiocarbonyl (C=S) groups is 1. The minimum absolute atomic E-state index is 0.223. The van der Waals surface area contributed by atoms with Gasteiger partial charge in [0.05, 0.1) is 0 Å². The van der Waals surface area contributed by atoms with Crippen LogP contribution in [0.3, 0.4) is 0 Å². The van der Waals surface area contributed by atoms with Gasteiger partial charge < -0.3 is 26.2 Å². The Bertz CT molecular complexity index is 302. The summed E-state index contributed by atoms with van der Waals surface area (Å²) in [5.41, 5.74) is -2.65. The zero-order valence-corrected chi connectivity index (χ0v) is 10.2. The molecule has 0 unspecified atom stereocenters. The van der Waals surface area contributed by atoms with Crippen molar-refractivity contribution in [3.63, 3.8) is 0 Å². The van der Waals surface area contributed by atoms with Gasteiger partial charge in [-0.05, 0) is 31.6 Å². The third-order valence-corrected chi connectivity index (χ3v) is 3.61. The van der Waals surface area contributed by atoms with Crippen molar-refractivity contribution in [3.05, 3.63) is 0 Å². The lowest BCUT2D eigenvalue weighted by molar-refractivity contribution is -0.180. The SMILES string of the molecule is CCCN[C@H]1CC[C@@]2(O)NC(=S)N[C@@]2(O)C1. The van der Waals surface area contributed by atoms with Crippen molar-refractivity contribution in [2.24, 2.45) is 0 Å². The maximum atomic E-state index is 10.4. The van der Waals surface area contributed by atoms with Crippen molar-refractivity contribution in [1.82, 2.24) is 16.0 Å². The normalized spacial score (nSPS) is 42.4. The second kappa shape index (κ2) is 4.10. The van der Waals surface area contributed by atoms with E-state index in [2.05, 4.69) is 22.9 Å². The van der Waals surface area contributed by atoms with Crippen LogP contribution in [-0.2, 0) is 0 Å². The van der Waals surface area contributed by atoms with Crippen LogP contribution in [0.4, 0.5) is 0 Å². The van der Waals surface area contributed by atoms with E-state index < -0.39 is 11.4 Å². The van der Waals surface area contributed by atoms with Gasteiger partial charge in [0.1, 0.15) is 0 Å². The Morgan fingerprint density at radius 1 is 1.44 bits per heavy atom. The third-order valence-electron chi connectivity index (χ3n) is 3.40. The molecule has 0 aromatic heterocycles. The first-order valence-electron chi connectivity index (χ1n) is 5.77. The van der Waals surface area contributed by atoms with Gasteiger partial charge in [-0.2, -0.15) is 0 Å². The van der Waals surface area contributed by atoms with Gasteiger partial charge in [-0.1, -0.05) is 6.92 Å². The molecule has 2 rings (SSSR count). The standard InChI is InChI=1S/C10H19N3O2S/c1-2-5-11-7-3-4-9(14)10(15,6-7)13-8(16)12-9/h7,11,14-15H,2-6H2,1H3,(H2,12,13,16)/t7-,9-,10+/m0/s1. The van der Waals surface area contributed by atoms with E-state index in [1.807, 2.05) is 0 Å². The molecule has 0 spiro atoms. The molecule has 1 aliphatic carbocycles. The van der Waals surface area contributed by atoms with Crippen molar-refractivity contribution in [1.29, 1.82) is 0 Å². The molecule has 2 aliphatic rings. The number of rotatable bonds is 3. The van der Waals surface area contributed by atoms with E-state index in [4.69, 9.17) is 12.2 Å². The lowest BCUT2D eigenvalue weighted by Crippen LogP contribution is -2.65. The Morgan fingerprint density at radius 3 is 2.81 bits per heavy atom. The number of fused-ring (bicyclic) bond motifs is 1. The highest BCUT2D eigenvalue weighted by molar-refractivity contribution is 7.80. The number of aliphatic hydroxyl groups is 2. The molecule has 1 aliphatic heterocycles. The Balaban J connectivity index is 2.04. The summed E-state index contributed by atoms with van der Waals surface area (Å²) in [6.07, 6.45) is 2.83. The molecule has 3 atom stereocenters. The van der Waals surface area contributed by atoms with Crippen LogP contribution in [0.25, 0.3) is 0 Å². The van der Waals surface area contributed by atoms with Gasteiger partial charge >= 0.3 is 0 Å². The van der Waals surface area contributed by atoms with Gasteiger partial charge in [-0.25, -0.2) is 0 Å². The quantitative estimate of drug-likeness (QED) is 0.427. The number of hydrogen-bond donors (Lipinski definition) is 5. The van der Waals surface area contributed by atoms with E-state index in [-0.39, 0.29) is 6.04 Å². The molecule has 1 heterocycles. The van der Waals surface area contributed by atoms with Crippen LogP contribution in [0.2, 0.25) is 0 Å². The van der Waals surface area contributed by atoms with Crippen LogP contribution in [0.5, 0.6) is 0 Å². The number of hydrogen-bond acceptors (Lipinski definition) is 4. The molecule has 0 aromatic rings. The molecular formula is C10H19N3O2S. The average Bonchev–Trinajstić information content (AvgIpc) is 2.43. The fourth-order valence-electron chi connectivity index (χ4n) is 2.47. The molecule has 0 radical (unpaired) electrons. The fraction of sp³-hybridized carbons (Fsp3) is 0.900. The molecule has 92 valence electrons. The van der Waals surface area contributed by atoms with Gasteiger partial charge in [0, 0.05) is 18.9 Å². The van der Waals surface area contributed by atoms with Crippen molar-refractivity contribution in [3.8, 4) is 0 Å². The van der Waals surface area contributed by atoms with Crippen molar-refractivity contribution in [2.75, 3.05) is 6.54 Å². The van der Waals surface area contributed by atoms with E-state index in [1.54, 1.807) is 0 Å². The summed E-state index contributed by atoms with van der Waals surface area (Å²) in [6, 6.07) is 0.223.